The van der Waals surface area contributed by atoms with Crippen molar-refractivity contribution in [3.05, 3.63) is 65.5 Å². The van der Waals surface area contributed by atoms with E-state index in [4.69, 9.17) is 9.47 Å². The minimum absolute atomic E-state index is 0.0954. The Kier molecular flexibility index (Phi) is 5.06. The molecule has 0 aromatic heterocycles. The Labute approximate surface area is 123 Å². The summed E-state index contributed by atoms with van der Waals surface area (Å²) in [6, 6.07) is 13.7. The van der Waals surface area contributed by atoms with E-state index in [0.29, 0.717) is 0 Å². The molecular formula is C17H17FO3. The summed E-state index contributed by atoms with van der Waals surface area (Å²) in [7, 11) is 1.38. The number of hydrogen-bond donors (Lipinski definition) is 0. The van der Waals surface area contributed by atoms with E-state index in [1.165, 1.54) is 19.2 Å². The van der Waals surface area contributed by atoms with Crippen molar-refractivity contribution in [1.29, 1.82) is 0 Å². The molecule has 0 fully saturated rings. The number of rotatable bonds is 6. The van der Waals surface area contributed by atoms with Crippen molar-refractivity contribution in [3.63, 3.8) is 0 Å². The molecule has 0 aliphatic heterocycles. The predicted octanol–water partition coefficient (Wildman–Crippen LogP) is 3.79. The monoisotopic (exact) mass is 288 g/mol. The van der Waals surface area contributed by atoms with Gasteiger partial charge in [-0.3, -0.25) is 4.79 Å². The zero-order chi connectivity index (χ0) is 15.2. The van der Waals surface area contributed by atoms with E-state index in [1.807, 2.05) is 37.3 Å². The molecule has 2 aromatic carbocycles. The van der Waals surface area contributed by atoms with Crippen molar-refractivity contribution < 1.29 is 18.7 Å². The van der Waals surface area contributed by atoms with Gasteiger partial charge in [0.05, 0.1) is 13.2 Å². The molecule has 0 aliphatic carbocycles. The fraction of sp³-hybridized carbons (Fsp3) is 0.235. The van der Waals surface area contributed by atoms with Gasteiger partial charge in [-0.2, -0.15) is 0 Å². The van der Waals surface area contributed by atoms with Gasteiger partial charge >= 0.3 is 0 Å². The van der Waals surface area contributed by atoms with Gasteiger partial charge in [0.1, 0.15) is 6.61 Å². The molecule has 2 aromatic rings. The number of carbonyl (C=O) groups is 1. The van der Waals surface area contributed by atoms with Crippen molar-refractivity contribution in [2.24, 2.45) is 0 Å². The van der Waals surface area contributed by atoms with Crippen LogP contribution in [0.3, 0.4) is 0 Å². The summed E-state index contributed by atoms with van der Waals surface area (Å²) in [5.74, 6) is -0.705. The fourth-order valence-electron chi connectivity index (χ4n) is 1.94. The van der Waals surface area contributed by atoms with Crippen LogP contribution in [-0.4, -0.2) is 19.5 Å². The van der Waals surface area contributed by atoms with Crippen LogP contribution in [0, 0.1) is 5.82 Å². The highest BCUT2D eigenvalue weighted by atomic mass is 19.1. The quantitative estimate of drug-likeness (QED) is 0.759. The second kappa shape index (κ2) is 6.99. The molecule has 1 atom stereocenters. The van der Waals surface area contributed by atoms with Gasteiger partial charge in [-0.15, -0.1) is 0 Å². The van der Waals surface area contributed by atoms with E-state index >= 15 is 0 Å². The zero-order valence-electron chi connectivity index (χ0n) is 12.0. The van der Waals surface area contributed by atoms with E-state index in [0.717, 1.165) is 11.6 Å². The molecule has 110 valence electrons. The standard InChI is InChI=1S/C17H17FO3/c1-12(13-6-4-3-5-7-13)21-11-16(19)14-8-9-17(20-2)15(18)10-14/h3-10,12H,11H2,1-2H3. The maximum absolute atomic E-state index is 13.6. The first-order valence-corrected chi connectivity index (χ1v) is 6.65. The summed E-state index contributed by atoms with van der Waals surface area (Å²) >= 11 is 0. The van der Waals surface area contributed by atoms with Crippen molar-refractivity contribution in [2.75, 3.05) is 13.7 Å². The second-order valence-corrected chi connectivity index (χ2v) is 4.64. The third-order valence-electron chi connectivity index (χ3n) is 3.21. The molecule has 0 bridgehead atoms. The Morgan fingerprint density at radius 2 is 1.90 bits per heavy atom. The van der Waals surface area contributed by atoms with Crippen molar-refractivity contribution in [2.45, 2.75) is 13.0 Å². The Balaban J connectivity index is 1.97. The lowest BCUT2D eigenvalue weighted by Gasteiger charge is -2.13. The molecule has 4 heteroatoms. The van der Waals surface area contributed by atoms with Crippen molar-refractivity contribution in [1.82, 2.24) is 0 Å². The average Bonchev–Trinajstić information content (AvgIpc) is 2.53. The summed E-state index contributed by atoms with van der Waals surface area (Å²) in [5, 5.41) is 0. The first-order valence-electron chi connectivity index (χ1n) is 6.65. The largest absolute Gasteiger partial charge is 0.494 e. The maximum Gasteiger partial charge on any atom is 0.188 e. The van der Waals surface area contributed by atoms with Crippen LogP contribution < -0.4 is 4.74 Å². The molecular weight excluding hydrogens is 271 g/mol. The molecule has 0 amide bonds. The van der Waals surface area contributed by atoms with E-state index in [-0.39, 0.29) is 29.8 Å². The lowest BCUT2D eigenvalue weighted by Crippen LogP contribution is -2.12. The van der Waals surface area contributed by atoms with Crippen LogP contribution in [0.25, 0.3) is 0 Å². The van der Waals surface area contributed by atoms with Crippen LogP contribution >= 0.6 is 0 Å². The van der Waals surface area contributed by atoms with E-state index in [1.54, 1.807) is 0 Å². The lowest BCUT2D eigenvalue weighted by molar-refractivity contribution is 0.0520. The van der Waals surface area contributed by atoms with Gasteiger partial charge in [0.2, 0.25) is 0 Å². The zero-order valence-corrected chi connectivity index (χ0v) is 12.0. The number of halogens is 1. The smallest absolute Gasteiger partial charge is 0.188 e. The molecule has 0 heterocycles. The predicted molar refractivity (Wildman–Crippen MR) is 78.1 cm³/mol. The van der Waals surface area contributed by atoms with E-state index in [9.17, 15) is 9.18 Å². The molecule has 21 heavy (non-hydrogen) atoms. The van der Waals surface area contributed by atoms with Gasteiger partial charge in [0.15, 0.2) is 17.3 Å². The van der Waals surface area contributed by atoms with Gasteiger partial charge in [-0.05, 0) is 30.7 Å². The molecule has 1 unspecified atom stereocenters. The third-order valence-corrected chi connectivity index (χ3v) is 3.21. The Hall–Kier alpha value is -2.20. The second-order valence-electron chi connectivity index (χ2n) is 4.64. The molecule has 0 radical (unpaired) electrons. The highest BCUT2D eigenvalue weighted by Gasteiger charge is 2.13. The molecule has 2 rings (SSSR count). The number of hydrogen-bond acceptors (Lipinski definition) is 3. The molecule has 0 N–H and O–H groups in total. The highest BCUT2D eigenvalue weighted by Crippen LogP contribution is 2.19. The lowest BCUT2D eigenvalue weighted by atomic mass is 10.1. The van der Waals surface area contributed by atoms with Gasteiger partial charge < -0.3 is 9.47 Å². The van der Waals surface area contributed by atoms with Crippen LogP contribution in [0.4, 0.5) is 4.39 Å². The van der Waals surface area contributed by atoms with Crippen LogP contribution in [-0.2, 0) is 4.74 Å². The normalized spacial score (nSPS) is 12.0. The SMILES string of the molecule is COc1ccc(C(=O)COC(C)c2ccccc2)cc1F. The highest BCUT2D eigenvalue weighted by molar-refractivity contribution is 5.97. The topological polar surface area (TPSA) is 35.5 Å². The van der Waals surface area contributed by atoms with Gasteiger partial charge in [-0.25, -0.2) is 4.39 Å². The number of methoxy groups -OCH3 is 1. The molecule has 0 saturated carbocycles. The van der Waals surface area contributed by atoms with E-state index < -0.39 is 5.82 Å². The number of carbonyl (C=O) groups excluding carboxylic acids is 1. The Bertz CT molecular complexity index is 611. The first-order chi connectivity index (χ1) is 10.1. The fourth-order valence-corrected chi connectivity index (χ4v) is 1.94. The Morgan fingerprint density at radius 1 is 1.19 bits per heavy atom. The van der Waals surface area contributed by atoms with Crippen LogP contribution in [0.5, 0.6) is 5.75 Å². The first kappa shape index (κ1) is 15.2. The summed E-state index contributed by atoms with van der Waals surface area (Å²) in [6.45, 7) is 1.78. The molecule has 3 nitrogen and oxygen atoms in total. The van der Waals surface area contributed by atoms with Crippen LogP contribution in [0.15, 0.2) is 48.5 Å². The Morgan fingerprint density at radius 3 is 2.52 bits per heavy atom. The third kappa shape index (κ3) is 3.89. The number of ether oxygens (including phenoxy) is 2. The summed E-state index contributed by atoms with van der Waals surface area (Å²) in [5.41, 5.74) is 1.26. The number of benzene rings is 2. The van der Waals surface area contributed by atoms with Crippen molar-refractivity contribution in [3.8, 4) is 5.75 Å². The molecule has 0 aliphatic rings. The van der Waals surface area contributed by atoms with Crippen LogP contribution in [0.2, 0.25) is 0 Å². The number of Topliss-reactive ketones (excluding diaryl/α,β-unsaturated/α-hetero) is 1. The van der Waals surface area contributed by atoms with Gasteiger partial charge in [0.25, 0.3) is 0 Å². The van der Waals surface area contributed by atoms with Gasteiger partial charge in [-0.1, -0.05) is 30.3 Å². The van der Waals surface area contributed by atoms with Crippen molar-refractivity contribution >= 4 is 5.78 Å². The minimum Gasteiger partial charge on any atom is -0.494 e. The molecule has 0 saturated heterocycles. The minimum atomic E-state index is -0.556. The maximum atomic E-state index is 13.6. The summed E-state index contributed by atoms with van der Waals surface area (Å²) < 4.78 is 23.9. The summed E-state index contributed by atoms with van der Waals surface area (Å²) in [4.78, 5) is 12.0. The molecule has 0 spiro atoms. The summed E-state index contributed by atoms with van der Waals surface area (Å²) in [6.07, 6.45) is -0.196. The van der Waals surface area contributed by atoms with Crippen LogP contribution in [0.1, 0.15) is 28.9 Å². The number of ketones is 1. The van der Waals surface area contributed by atoms with Gasteiger partial charge in [0, 0.05) is 5.56 Å². The van der Waals surface area contributed by atoms with E-state index in [2.05, 4.69) is 0 Å². The average molecular weight is 288 g/mol.